The molecule has 2 unspecified atom stereocenters. The zero-order chi connectivity index (χ0) is 8.97. The normalized spacial score (nSPS) is 21.4. The molecule has 0 aromatic heterocycles. The lowest BCUT2D eigenvalue weighted by Crippen LogP contribution is -2.37. The molecule has 0 radical (unpaired) electrons. The molecule has 0 aromatic carbocycles. The Hall–Kier alpha value is -0.540. The van der Waals surface area contributed by atoms with Crippen molar-refractivity contribution < 1.29 is 9.47 Å². The van der Waals surface area contributed by atoms with E-state index < -0.39 is 0 Å². The van der Waals surface area contributed by atoms with E-state index in [4.69, 9.17) is 15.2 Å². The van der Waals surface area contributed by atoms with Gasteiger partial charge in [0.2, 0.25) is 0 Å². The van der Waals surface area contributed by atoms with E-state index in [9.17, 15) is 0 Å². The molecule has 1 aliphatic rings. The first-order chi connectivity index (χ1) is 5.79. The third-order valence-corrected chi connectivity index (χ3v) is 2.17. The summed E-state index contributed by atoms with van der Waals surface area (Å²) in [5, 5.41) is 0. The van der Waals surface area contributed by atoms with Gasteiger partial charge in [-0.15, -0.1) is 0 Å². The number of ether oxygens (including phenoxy) is 2. The van der Waals surface area contributed by atoms with E-state index in [0.29, 0.717) is 0 Å². The number of nitrogens with two attached hydrogens (primary N) is 1. The molecule has 0 amide bonds. The van der Waals surface area contributed by atoms with E-state index in [1.807, 2.05) is 6.08 Å². The third-order valence-electron chi connectivity index (χ3n) is 2.17. The van der Waals surface area contributed by atoms with Crippen molar-refractivity contribution in [3.05, 3.63) is 11.8 Å². The van der Waals surface area contributed by atoms with E-state index in [-0.39, 0.29) is 12.1 Å². The van der Waals surface area contributed by atoms with Crippen LogP contribution < -0.4 is 5.73 Å². The lowest BCUT2D eigenvalue weighted by molar-refractivity contribution is 0.0678. The summed E-state index contributed by atoms with van der Waals surface area (Å²) >= 11 is 0. The highest BCUT2D eigenvalue weighted by Crippen LogP contribution is 2.16. The fraction of sp³-hybridized carbons (Fsp3) is 0.778. The molecule has 2 atom stereocenters. The highest BCUT2D eigenvalue weighted by Gasteiger charge is 2.22. The van der Waals surface area contributed by atoms with Crippen LogP contribution in [0.5, 0.6) is 0 Å². The van der Waals surface area contributed by atoms with Gasteiger partial charge in [0.15, 0.2) is 0 Å². The van der Waals surface area contributed by atoms with Crippen molar-refractivity contribution in [2.24, 2.45) is 5.73 Å². The van der Waals surface area contributed by atoms with Crippen LogP contribution in [-0.2, 0) is 9.47 Å². The van der Waals surface area contributed by atoms with Crippen LogP contribution in [0.2, 0.25) is 0 Å². The number of methoxy groups -OCH3 is 1. The molecule has 1 aliphatic heterocycles. The minimum Gasteiger partial charge on any atom is -0.496 e. The van der Waals surface area contributed by atoms with Crippen molar-refractivity contribution in [1.29, 1.82) is 0 Å². The van der Waals surface area contributed by atoms with Gasteiger partial charge < -0.3 is 15.2 Å². The van der Waals surface area contributed by atoms with Crippen LogP contribution in [0.1, 0.15) is 19.8 Å². The van der Waals surface area contributed by atoms with Gasteiger partial charge >= 0.3 is 0 Å². The van der Waals surface area contributed by atoms with Crippen molar-refractivity contribution in [3.8, 4) is 0 Å². The Labute approximate surface area is 73.5 Å². The SMILES string of the molecule is CCC(OC)C(N)C1=CCCO1. The van der Waals surface area contributed by atoms with Crippen molar-refractivity contribution in [3.63, 3.8) is 0 Å². The fourth-order valence-corrected chi connectivity index (χ4v) is 1.42. The smallest absolute Gasteiger partial charge is 0.111 e. The number of hydrogen-bond acceptors (Lipinski definition) is 3. The van der Waals surface area contributed by atoms with Crippen LogP contribution in [0.3, 0.4) is 0 Å². The highest BCUT2D eigenvalue weighted by atomic mass is 16.5. The molecule has 0 fully saturated rings. The summed E-state index contributed by atoms with van der Waals surface area (Å²) in [7, 11) is 1.68. The van der Waals surface area contributed by atoms with E-state index in [0.717, 1.165) is 25.2 Å². The van der Waals surface area contributed by atoms with E-state index >= 15 is 0 Å². The average molecular weight is 171 g/mol. The predicted molar refractivity (Wildman–Crippen MR) is 47.7 cm³/mol. The van der Waals surface area contributed by atoms with Crippen LogP contribution in [0.4, 0.5) is 0 Å². The topological polar surface area (TPSA) is 44.5 Å². The second-order valence-electron chi connectivity index (χ2n) is 2.95. The molecule has 0 aliphatic carbocycles. The third kappa shape index (κ3) is 1.99. The molecule has 3 nitrogen and oxygen atoms in total. The van der Waals surface area contributed by atoms with E-state index in [1.54, 1.807) is 7.11 Å². The molecule has 12 heavy (non-hydrogen) atoms. The van der Waals surface area contributed by atoms with Gasteiger partial charge in [0, 0.05) is 13.5 Å². The summed E-state index contributed by atoms with van der Waals surface area (Å²) in [4.78, 5) is 0. The first-order valence-corrected chi connectivity index (χ1v) is 4.40. The van der Waals surface area contributed by atoms with Crippen LogP contribution in [-0.4, -0.2) is 25.9 Å². The summed E-state index contributed by atoms with van der Waals surface area (Å²) in [5.41, 5.74) is 5.93. The first-order valence-electron chi connectivity index (χ1n) is 4.40. The Morgan fingerprint density at radius 2 is 2.50 bits per heavy atom. The predicted octanol–water partition coefficient (Wildman–Crippen LogP) is 1.04. The molecule has 0 aromatic rings. The average Bonchev–Trinajstić information content (AvgIpc) is 2.58. The van der Waals surface area contributed by atoms with Crippen LogP contribution in [0, 0.1) is 0 Å². The molecule has 1 heterocycles. The highest BCUT2D eigenvalue weighted by molar-refractivity contribution is 5.08. The van der Waals surface area contributed by atoms with Gasteiger partial charge in [-0.3, -0.25) is 0 Å². The Kier molecular flexibility index (Phi) is 3.56. The maximum atomic E-state index is 5.93. The zero-order valence-electron chi connectivity index (χ0n) is 7.75. The van der Waals surface area contributed by atoms with Crippen LogP contribution in [0.25, 0.3) is 0 Å². The van der Waals surface area contributed by atoms with Gasteiger partial charge in [0.1, 0.15) is 5.76 Å². The number of rotatable bonds is 4. The van der Waals surface area contributed by atoms with Crippen molar-refractivity contribution in [2.45, 2.75) is 31.9 Å². The Bertz CT molecular complexity index is 164. The van der Waals surface area contributed by atoms with Gasteiger partial charge in [-0.2, -0.15) is 0 Å². The fourth-order valence-electron chi connectivity index (χ4n) is 1.42. The Morgan fingerprint density at radius 3 is 2.92 bits per heavy atom. The van der Waals surface area contributed by atoms with E-state index in [1.165, 1.54) is 0 Å². The Morgan fingerprint density at radius 1 is 1.75 bits per heavy atom. The second-order valence-corrected chi connectivity index (χ2v) is 2.95. The minimum atomic E-state index is -0.0949. The van der Waals surface area contributed by atoms with Crippen LogP contribution >= 0.6 is 0 Å². The summed E-state index contributed by atoms with van der Waals surface area (Å²) in [6.07, 6.45) is 4.02. The molecule has 0 saturated heterocycles. The molecule has 0 bridgehead atoms. The lowest BCUT2D eigenvalue weighted by atomic mass is 10.1. The molecular formula is C9H17NO2. The maximum absolute atomic E-state index is 5.93. The quantitative estimate of drug-likeness (QED) is 0.687. The lowest BCUT2D eigenvalue weighted by Gasteiger charge is -2.21. The molecule has 2 N–H and O–H groups in total. The molecule has 0 spiro atoms. The van der Waals surface area contributed by atoms with Gasteiger partial charge in [0.25, 0.3) is 0 Å². The first kappa shape index (κ1) is 9.55. The zero-order valence-corrected chi connectivity index (χ0v) is 7.75. The summed E-state index contributed by atoms with van der Waals surface area (Å²) in [5.74, 6) is 0.892. The van der Waals surface area contributed by atoms with Gasteiger partial charge in [-0.05, 0) is 12.5 Å². The van der Waals surface area contributed by atoms with Crippen molar-refractivity contribution in [1.82, 2.24) is 0 Å². The summed E-state index contributed by atoms with van der Waals surface area (Å²) < 4.78 is 10.6. The van der Waals surface area contributed by atoms with Crippen molar-refractivity contribution >= 4 is 0 Å². The summed E-state index contributed by atoms with van der Waals surface area (Å²) in [6, 6.07) is -0.0949. The molecule has 0 saturated carbocycles. The molecule has 3 heteroatoms. The molecule has 1 rings (SSSR count). The minimum absolute atomic E-state index is 0.0781. The molecule has 70 valence electrons. The second kappa shape index (κ2) is 4.48. The maximum Gasteiger partial charge on any atom is 0.111 e. The van der Waals surface area contributed by atoms with Gasteiger partial charge in [-0.25, -0.2) is 0 Å². The van der Waals surface area contributed by atoms with Gasteiger partial charge in [0.05, 0.1) is 18.8 Å². The standard InChI is InChI=1S/C9H17NO2/c1-3-7(11-2)9(10)8-5-4-6-12-8/h5,7,9H,3-4,6,10H2,1-2H3. The monoisotopic (exact) mass is 171 g/mol. The largest absolute Gasteiger partial charge is 0.496 e. The van der Waals surface area contributed by atoms with Crippen LogP contribution in [0.15, 0.2) is 11.8 Å². The summed E-state index contributed by atoms with van der Waals surface area (Å²) in [6.45, 7) is 2.83. The van der Waals surface area contributed by atoms with Gasteiger partial charge in [-0.1, -0.05) is 6.92 Å². The van der Waals surface area contributed by atoms with Crippen molar-refractivity contribution in [2.75, 3.05) is 13.7 Å². The molecular weight excluding hydrogens is 154 g/mol. The number of hydrogen-bond donors (Lipinski definition) is 1. The van der Waals surface area contributed by atoms with E-state index in [2.05, 4.69) is 6.92 Å². The Balaban J connectivity index is 2.49.